The zero-order valence-corrected chi connectivity index (χ0v) is 21.1. The maximum absolute atomic E-state index is 13.5. The fourth-order valence-corrected chi connectivity index (χ4v) is 6.62. The number of sulfonamides is 1. The summed E-state index contributed by atoms with van der Waals surface area (Å²) in [4.78, 5) is 14.7. The van der Waals surface area contributed by atoms with Gasteiger partial charge in [-0.3, -0.25) is 9.69 Å². The van der Waals surface area contributed by atoms with Crippen LogP contribution in [0.3, 0.4) is 0 Å². The lowest BCUT2D eigenvalue weighted by molar-refractivity contribution is -0.131. The Morgan fingerprint density at radius 2 is 1.88 bits per heavy atom. The number of rotatable bonds is 4. The molecule has 0 aliphatic carbocycles. The van der Waals surface area contributed by atoms with Crippen molar-refractivity contribution in [2.75, 3.05) is 0 Å². The molecule has 0 spiro atoms. The lowest BCUT2D eigenvalue weighted by atomic mass is 9.94. The Morgan fingerprint density at radius 1 is 1.21 bits per heavy atom. The molecule has 0 saturated carbocycles. The molecule has 0 saturated heterocycles. The second kappa shape index (κ2) is 8.26. The summed E-state index contributed by atoms with van der Waals surface area (Å²) in [5.74, 6) is 0.246. The van der Waals surface area contributed by atoms with Crippen LogP contribution in [0.4, 0.5) is 0 Å². The summed E-state index contributed by atoms with van der Waals surface area (Å²) in [6.45, 7) is 10.9. The number of nitrogens with zero attached hydrogens (tertiary/aromatic N) is 2. The molecule has 2 atom stereocenters. The Hall–Kier alpha value is -3.15. The van der Waals surface area contributed by atoms with Gasteiger partial charge in [0.1, 0.15) is 17.4 Å². The van der Waals surface area contributed by atoms with Crippen molar-refractivity contribution < 1.29 is 17.9 Å². The van der Waals surface area contributed by atoms with Crippen LogP contribution in [0.5, 0.6) is 5.75 Å². The highest BCUT2D eigenvalue weighted by Crippen LogP contribution is 2.43. The van der Waals surface area contributed by atoms with Gasteiger partial charge in [-0.05, 0) is 75.4 Å². The predicted molar refractivity (Wildman–Crippen MR) is 130 cm³/mol. The second-order valence-electron chi connectivity index (χ2n) is 9.62. The molecule has 2 aromatic carbocycles. The number of nitriles is 1. The number of carbonyl (C=O) groups is 1. The highest BCUT2D eigenvalue weighted by Gasteiger charge is 2.38. The zero-order valence-electron chi connectivity index (χ0n) is 20.3. The monoisotopic (exact) mass is 479 g/mol. The molecular weight excluding hydrogens is 450 g/mol. The number of carbonyl (C=O) groups excluding carboxylic acids is 1. The lowest BCUT2D eigenvalue weighted by Crippen LogP contribution is -2.46. The number of hydrogen-bond acceptors (Lipinski definition) is 5. The highest BCUT2D eigenvalue weighted by atomic mass is 32.2. The second-order valence-corrected chi connectivity index (χ2v) is 11.3. The van der Waals surface area contributed by atoms with E-state index in [-0.39, 0.29) is 4.90 Å². The molecule has 2 aliphatic rings. The zero-order chi connectivity index (χ0) is 25.0. The molecule has 8 heteroatoms. The molecule has 2 aromatic rings. The van der Waals surface area contributed by atoms with E-state index in [0.29, 0.717) is 23.1 Å². The van der Waals surface area contributed by atoms with Gasteiger partial charge in [0.25, 0.3) is 0 Å². The summed E-state index contributed by atoms with van der Waals surface area (Å²) in [7, 11) is -4.03. The minimum atomic E-state index is -4.03. The van der Waals surface area contributed by atoms with E-state index in [4.69, 9.17) is 4.74 Å². The molecule has 1 N–H and O–H groups in total. The molecule has 178 valence electrons. The van der Waals surface area contributed by atoms with Crippen LogP contribution in [-0.4, -0.2) is 30.9 Å². The first kappa shape index (κ1) is 24.0. The van der Waals surface area contributed by atoms with Gasteiger partial charge < -0.3 is 4.74 Å². The van der Waals surface area contributed by atoms with Gasteiger partial charge in [0, 0.05) is 18.2 Å². The quantitative estimate of drug-likeness (QED) is 0.713. The van der Waals surface area contributed by atoms with Crippen molar-refractivity contribution >= 4 is 22.0 Å². The van der Waals surface area contributed by atoms with Crippen LogP contribution in [-0.2, 0) is 21.2 Å². The molecule has 2 heterocycles. The summed E-state index contributed by atoms with van der Waals surface area (Å²) in [5.41, 5.74) is 4.06. The number of nitrogens with one attached hydrogen (secondary N) is 1. The van der Waals surface area contributed by atoms with E-state index in [9.17, 15) is 18.5 Å². The lowest BCUT2D eigenvalue weighted by Gasteiger charge is -2.31. The van der Waals surface area contributed by atoms with E-state index in [0.717, 1.165) is 22.4 Å². The fraction of sp³-hybridized carbons (Fsp3) is 0.385. The average molecular weight is 480 g/mol. The van der Waals surface area contributed by atoms with E-state index >= 15 is 0 Å². The molecule has 0 aromatic heterocycles. The summed E-state index contributed by atoms with van der Waals surface area (Å²) < 4.78 is 35.7. The third kappa shape index (κ3) is 3.89. The minimum absolute atomic E-state index is 0.182. The van der Waals surface area contributed by atoms with Crippen molar-refractivity contribution in [2.24, 2.45) is 0 Å². The van der Waals surface area contributed by atoms with Crippen LogP contribution in [0.25, 0.3) is 6.08 Å². The van der Waals surface area contributed by atoms with Gasteiger partial charge in [-0.1, -0.05) is 24.3 Å². The maximum Gasteiger partial charge on any atom is 0.245 e. The van der Waals surface area contributed by atoms with Crippen molar-refractivity contribution in [2.45, 2.75) is 70.5 Å². The Morgan fingerprint density at radius 3 is 2.56 bits per heavy atom. The van der Waals surface area contributed by atoms with Gasteiger partial charge in [-0.2, -0.15) is 9.98 Å². The van der Waals surface area contributed by atoms with Gasteiger partial charge in [0.05, 0.1) is 17.0 Å². The largest absolute Gasteiger partial charge is 0.487 e. The van der Waals surface area contributed by atoms with Gasteiger partial charge in [-0.25, -0.2) is 8.42 Å². The molecule has 34 heavy (non-hydrogen) atoms. The smallest absolute Gasteiger partial charge is 0.245 e. The molecule has 7 nitrogen and oxygen atoms in total. The molecule has 0 fully saturated rings. The summed E-state index contributed by atoms with van der Waals surface area (Å²) in [6.07, 6.45) is 3.90. The molecule has 0 unspecified atom stereocenters. The SMILES string of the molecule is Cc1c(C)c(S(=O)(=O)N[C@@H](C)C(=O)N2C=Cc3ccccc3[C@H]2C#N)c(C)c2c1OC(C)(C)C2. The molecule has 1 amide bonds. The first-order valence-corrected chi connectivity index (χ1v) is 12.7. The summed E-state index contributed by atoms with van der Waals surface area (Å²) in [6, 6.07) is 7.60. The topological polar surface area (TPSA) is 99.5 Å². The number of hydrogen-bond donors (Lipinski definition) is 1. The minimum Gasteiger partial charge on any atom is -0.487 e. The van der Waals surface area contributed by atoms with E-state index in [1.807, 2.05) is 39.0 Å². The van der Waals surface area contributed by atoms with Crippen LogP contribution in [0.1, 0.15) is 60.2 Å². The van der Waals surface area contributed by atoms with Gasteiger partial charge in [0.15, 0.2) is 0 Å². The van der Waals surface area contributed by atoms with E-state index < -0.39 is 33.6 Å². The van der Waals surface area contributed by atoms with Crippen molar-refractivity contribution in [3.05, 3.63) is 63.8 Å². The van der Waals surface area contributed by atoms with Crippen LogP contribution < -0.4 is 9.46 Å². The van der Waals surface area contributed by atoms with Crippen molar-refractivity contribution in [3.8, 4) is 11.8 Å². The van der Waals surface area contributed by atoms with Crippen LogP contribution in [0, 0.1) is 32.1 Å². The molecule has 0 radical (unpaired) electrons. The van der Waals surface area contributed by atoms with Crippen molar-refractivity contribution in [3.63, 3.8) is 0 Å². The number of ether oxygens (including phenoxy) is 1. The van der Waals surface area contributed by atoms with Gasteiger partial charge in [0.2, 0.25) is 15.9 Å². The molecule has 2 aliphatic heterocycles. The highest BCUT2D eigenvalue weighted by molar-refractivity contribution is 7.89. The van der Waals surface area contributed by atoms with E-state index in [1.54, 1.807) is 32.2 Å². The van der Waals surface area contributed by atoms with Crippen LogP contribution in [0.15, 0.2) is 35.4 Å². The van der Waals surface area contributed by atoms with Crippen molar-refractivity contribution in [1.82, 2.24) is 9.62 Å². The number of benzene rings is 2. The average Bonchev–Trinajstić information content (AvgIpc) is 3.11. The molecule has 4 rings (SSSR count). The number of amides is 1. The Labute approximate surface area is 201 Å². The standard InChI is InChI=1S/C26H29N3O4S/c1-15-16(2)24(17(3)21-13-26(5,6)33-23(15)21)34(31,32)28-18(4)25(30)29-12-11-19-9-7-8-10-20(19)22(29)14-27/h7-12,18,22,28H,13H2,1-6H3/t18-,22+/m0/s1. The normalized spacial score (nSPS) is 19.1. The van der Waals surface area contributed by atoms with E-state index in [2.05, 4.69) is 10.8 Å². The Bertz CT molecular complexity index is 1370. The summed E-state index contributed by atoms with van der Waals surface area (Å²) >= 11 is 0. The fourth-order valence-electron chi connectivity index (χ4n) is 4.85. The van der Waals surface area contributed by atoms with E-state index in [1.165, 1.54) is 11.8 Å². The maximum atomic E-state index is 13.5. The predicted octanol–water partition coefficient (Wildman–Crippen LogP) is 4.07. The Balaban J connectivity index is 1.65. The van der Waals surface area contributed by atoms with Crippen molar-refractivity contribution in [1.29, 1.82) is 5.26 Å². The summed E-state index contributed by atoms with van der Waals surface area (Å²) in [5, 5.41) is 9.76. The first-order valence-electron chi connectivity index (χ1n) is 11.2. The third-order valence-corrected chi connectivity index (χ3v) is 8.44. The number of fused-ring (bicyclic) bond motifs is 2. The third-order valence-electron chi connectivity index (χ3n) is 6.62. The van der Waals surface area contributed by atoms with Crippen LogP contribution in [0.2, 0.25) is 0 Å². The van der Waals surface area contributed by atoms with Gasteiger partial charge in [-0.15, -0.1) is 0 Å². The van der Waals surface area contributed by atoms with Crippen LogP contribution >= 0.6 is 0 Å². The Kier molecular flexibility index (Phi) is 5.83. The first-order chi connectivity index (χ1) is 15.9. The molecular formula is C26H29N3O4S. The molecule has 0 bridgehead atoms. The van der Waals surface area contributed by atoms with Gasteiger partial charge >= 0.3 is 0 Å².